The largest absolute Gasteiger partial charge is 0.317 e. The maximum Gasteiger partial charge on any atom is 0.240 e. The first-order valence-corrected chi connectivity index (χ1v) is 8.31. The molecule has 1 saturated heterocycles. The van der Waals surface area contributed by atoms with Gasteiger partial charge < -0.3 is 5.32 Å². The molecule has 1 aromatic carbocycles. The molecule has 1 aliphatic rings. The minimum absolute atomic E-state index is 0.319. The normalized spacial score (nSPS) is 17.8. The van der Waals surface area contributed by atoms with E-state index in [2.05, 4.69) is 26.0 Å². The maximum atomic E-state index is 12.0. The average molecular weight is 333 g/mol. The number of hydrogen-bond acceptors (Lipinski definition) is 3. The molecule has 2 rings (SSSR count). The van der Waals surface area contributed by atoms with E-state index in [-0.39, 0.29) is 0 Å². The Balaban J connectivity index is 1.96. The summed E-state index contributed by atoms with van der Waals surface area (Å²) in [5.41, 5.74) is 0. The number of rotatable bonds is 4. The monoisotopic (exact) mass is 332 g/mol. The summed E-state index contributed by atoms with van der Waals surface area (Å²) in [6.07, 6.45) is 2.06. The second kappa shape index (κ2) is 6.14. The van der Waals surface area contributed by atoms with Gasteiger partial charge in [-0.1, -0.05) is 15.9 Å². The van der Waals surface area contributed by atoms with Gasteiger partial charge in [-0.3, -0.25) is 0 Å². The predicted molar refractivity (Wildman–Crippen MR) is 74.9 cm³/mol. The van der Waals surface area contributed by atoms with E-state index >= 15 is 0 Å². The molecule has 0 spiro atoms. The Morgan fingerprint density at radius 2 is 1.83 bits per heavy atom. The van der Waals surface area contributed by atoms with Gasteiger partial charge in [-0.05, 0) is 56.1 Å². The number of benzene rings is 1. The van der Waals surface area contributed by atoms with E-state index in [1.165, 1.54) is 0 Å². The van der Waals surface area contributed by atoms with Gasteiger partial charge in [0.25, 0.3) is 0 Å². The molecule has 1 fully saturated rings. The summed E-state index contributed by atoms with van der Waals surface area (Å²) >= 11 is 3.29. The SMILES string of the molecule is O=S(=O)(NCC1CCNCC1)c1ccc(Br)cc1. The zero-order valence-electron chi connectivity index (χ0n) is 10.0. The minimum atomic E-state index is -3.37. The van der Waals surface area contributed by atoms with Crippen molar-refractivity contribution in [2.24, 2.45) is 5.92 Å². The molecule has 0 bridgehead atoms. The van der Waals surface area contributed by atoms with Gasteiger partial charge in [0.15, 0.2) is 0 Å². The summed E-state index contributed by atoms with van der Waals surface area (Å²) in [6, 6.07) is 6.68. The topological polar surface area (TPSA) is 58.2 Å². The Morgan fingerprint density at radius 3 is 2.44 bits per heavy atom. The Kier molecular flexibility index (Phi) is 4.77. The Morgan fingerprint density at radius 1 is 1.22 bits per heavy atom. The molecule has 18 heavy (non-hydrogen) atoms. The van der Waals surface area contributed by atoms with Crippen LogP contribution in [0.1, 0.15) is 12.8 Å². The van der Waals surface area contributed by atoms with Crippen molar-refractivity contribution in [3.63, 3.8) is 0 Å². The van der Waals surface area contributed by atoms with E-state index in [0.717, 1.165) is 30.4 Å². The van der Waals surface area contributed by atoms with Crippen molar-refractivity contribution in [2.75, 3.05) is 19.6 Å². The van der Waals surface area contributed by atoms with Crippen LogP contribution in [0.5, 0.6) is 0 Å². The number of piperidine rings is 1. The van der Waals surface area contributed by atoms with Gasteiger partial charge in [-0.15, -0.1) is 0 Å². The van der Waals surface area contributed by atoms with Gasteiger partial charge in [0.05, 0.1) is 4.90 Å². The van der Waals surface area contributed by atoms with E-state index in [0.29, 0.717) is 17.4 Å². The summed E-state index contributed by atoms with van der Waals surface area (Å²) in [4.78, 5) is 0.319. The second-order valence-electron chi connectivity index (χ2n) is 4.50. The third-order valence-corrected chi connectivity index (χ3v) is 5.11. The third kappa shape index (κ3) is 3.78. The van der Waals surface area contributed by atoms with Crippen LogP contribution in [0.2, 0.25) is 0 Å². The Hall–Kier alpha value is -0.430. The van der Waals surface area contributed by atoms with Crippen molar-refractivity contribution in [3.05, 3.63) is 28.7 Å². The van der Waals surface area contributed by atoms with Crippen molar-refractivity contribution in [1.82, 2.24) is 10.0 Å². The van der Waals surface area contributed by atoms with Crippen LogP contribution < -0.4 is 10.0 Å². The fraction of sp³-hybridized carbons (Fsp3) is 0.500. The van der Waals surface area contributed by atoms with E-state index in [9.17, 15) is 8.42 Å². The number of sulfonamides is 1. The summed E-state index contributed by atoms with van der Waals surface area (Å²) in [7, 11) is -3.37. The molecule has 4 nitrogen and oxygen atoms in total. The standard InChI is InChI=1S/C12H17BrN2O2S/c13-11-1-3-12(4-2-11)18(16,17)15-9-10-5-7-14-8-6-10/h1-4,10,14-15H,5-9H2. The lowest BCUT2D eigenvalue weighted by Gasteiger charge is -2.22. The van der Waals surface area contributed by atoms with Gasteiger partial charge in [0.2, 0.25) is 10.0 Å². The van der Waals surface area contributed by atoms with Crippen LogP contribution in [0.3, 0.4) is 0 Å². The lowest BCUT2D eigenvalue weighted by molar-refractivity contribution is 0.372. The minimum Gasteiger partial charge on any atom is -0.317 e. The van der Waals surface area contributed by atoms with Gasteiger partial charge in [-0.2, -0.15) is 0 Å². The molecule has 0 atom stereocenters. The highest BCUT2D eigenvalue weighted by molar-refractivity contribution is 9.10. The maximum absolute atomic E-state index is 12.0. The molecule has 6 heteroatoms. The van der Waals surface area contributed by atoms with E-state index in [1.807, 2.05) is 0 Å². The van der Waals surface area contributed by atoms with E-state index in [1.54, 1.807) is 24.3 Å². The van der Waals surface area contributed by atoms with Gasteiger partial charge >= 0.3 is 0 Å². The molecule has 0 amide bonds. The van der Waals surface area contributed by atoms with Crippen LogP contribution >= 0.6 is 15.9 Å². The van der Waals surface area contributed by atoms with Crippen molar-refractivity contribution in [2.45, 2.75) is 17.7 Å². The number of hydrogen-bond donors (Lipinski definition) is 2. The van der Waals surface area contributed by atoms with Gasteiger partial charge in [0.1, 0.15) is 0 Å². The van der Waals surface area contributed by atoms with Crippen molar-refractivity contribution in [1.29, 1.82) is 0 Å². The molecule has 1 aromatic rings. The Bertz CT molecular complexity index is 481. The molecule has 2 N–H and O–H groups in total. The van der Waals surface area contributed by atoms with Crippen molar-refractivity contribution < 1.29 is 8.42 Å². The van der Waals surface area contributed by atoms with Crippen LogP contribution in [-0.2, 0) is 10.0 Å². The molecule has 0 aromatic heterocycles. The zero-order chi connectivity index (χ0) is 13.0. The second-order valence-corrected chi connectivity index (χ2v) is 7.18. The molecule has 0 radical (unpaired) electrons. The van der Waals surface area contributed by atoms with Gasteiger partial charge in [-0.25, -0.2) is 13.1 Å². The lowest BCUT2D eigenvalue weighted by Crippen LogP contribution is -2.35. The summed E-state index contributed by atoms with van der Waals surface area (Å²) < 4.78 is 27.7. The highest BCUT2D eigenvalue weighted by Gasteiger charge is 2.18. The number of nitrogens with one attached hydrogen (secondary N) is 2. The van der Waals surface area contributed by atoms with E-state index in [4.69, 9.17) is 0 Å². The molecular formula is C12H17BrN2O2S. The zero-order valence-corrected chi connectivity index (χ0v) is 12.4. The van der Waals surface area contributed by atoms with Crippen LogP contribution in [0.4, 0.5) is 0 Å². The smallest absolute Gasteiger partial charge is 0.240 e. The number of halogens is 1. The lowest BCUT2D eigenvalue weighted by atomic mass is 9.99. The molecule has 1 heterocycles. The van der Waals surface area contributed by atoms with Gasteiger partial charge in [0, 0.05) is 11.0 Å². The molecule has 0 unspecified atom stereocenters. The summed E-state index contributed by atoms with van der Waals surface area (Å²) in [5, 5.41) is 3.27. The molecule has 0 saturated carbocycles. The molecular weight excluding hydrogens is 316 g/mol. The fourth-order valence-corrected chi connectivity index (χ4v) is 3.39. The van der Waals surface area contributed by atoms with Crippen LogP contribution in [0.15, 0.2) is 33.6 Å². The van der Waals surface area contributed by atoms with E-state index < -0.39 is 10.0 Å². The highest BCUT2D eigenvalue weighted by atomic mass is 79.9. The molecule has 1 aliphatic heterocycles. The summed E-state index contributed by atoms with van der Waals surface area (Å²) in [6.45, 7) is 2.48. The third-order valence-electron chi connectivity index (χ3n) is 3.14. The fourth-order valence-electron chi connectivity index (χ4n) is 2.01. The Labute approximate surface area is 116 Å². The first-order chi connectivity index (χ1) is 8.58. The molecule has 0 aliphatic carbocycles. The van der Waals surface area contributed by atoms with Crippen LogP contribution in [0, 0.1) is 5.92 Å². The van der Waals surface area contributed by atoms with Crippen LogP contribution in [-0.4, -0.2) is 28.1 Å². The first-order valence-electron chi connectivity index (χ1n) is 6.04. The average Bonchev–Trinajstić information content (AvgIpc) is 2.38. The quantitative estimate of drug-likeness (QED) is 0.882. The van der Waals surface area contributed by atoms with Crippen molar-refractivity contribution in [3.8, 4) is 0 Å². The summed E-state index contributed by atoms with van der Waals surface area (Å²) in [5.74, 6) is 0.441. The van der Waals surface area contributed by atoms with Crippen molar-refractivity contribution >= 4 is 26.0 Å². The van der Waals surface area contributed by atoms with Crippen LogP contribution in [0.25, 0.3) is 0 Å². The first kappa shape index (κ1) is 14.0. The molecule has 100 valence electrons. The highest BCUT2D eigenvalue weighted by Crippen LogP contribution is 2.16. The predicted octanol–water partition coefficient (Wildman–Crippen LogP) is 1.73.